The van der Waals surface area contributed by atoms with Gasteiger partial charge in [0.1, 0.15) is 5.75 Å². The van der Waals surface area contributed by atoms with Crippen molar-refractivity contribution in [1.82, 2.24) is 20.6 Å². The number of benzene rings is 2. The summed E-state index contributed by atoms with van der Waals surface area (Å²) in [5, 5.41) is 4.59. The molecule has 2 aromatic carbocycles. The summed E-state index contributed by atoms with van der Waals surface area (Å²) in [4.78, 5) is 36.8. The van der Waals surface area contributed by atoms with Gasteiger partial charge in [-0.1, -0.05) is 30.3 Å². The van der Waals surface area contributed by atoms with E-state index >= 15 is 0 Å². The largest absolute Gasteiger partial charge is 0.483 e. The summed E-state index contributed by atoms with van der Waals surface area (Å²) in [6.07, 6.45) is -4.64. The first-order valence-corrected chi connectivity index (χ1v) is 9.10. The van der Waals surface area contributed by atoms with E-state index in [1.807, 2.05) is 0 Å². The Kier molecular flexibility index (Phi) is 6.23. The summed E-state index contributed by atoms with van der Waals surface area (Å²) in [6, 6.07) is 10.8. The van der Waals surface area contributed by atoms with Crippen LogP contribution < -0.4 is 21.1 Å². The average Bonchev–Trinajstić information content (AvgIpc) is 2.76. The summed E-state index contributed by atoms with van der Waals surface area (Å²) >= 11 is 0. The van der Waals surface area contributed by atoms with Gasteiger partial charge in [-0.05, 0) is 25.1 Å². The summed E-state index contributed by atoms with van der Waals surface area (Å²) in [6.45, 7) is 1.14. The van der Waals surface area contributed by atoms with Gasteiger partial charge in [-0.3, -0.25) is 25.2 Å². The normalized spacial score (nSPS) is 11.2. The third-order valence-corrected chi connectivity index (χ3v) is 4.25. The monoisotopic (exact) mass is 434 g/mol. The minimum atomic E-state index is -4.64. The van der Waals surface area contributed by atoms with Crippen molar-refractivity contribution in [2.75, 3.05) is 6.61 Å². The fourth-order valence-corrected chi connectivity index (χ4v) is 2.81. The highest BCUT2D eigenvalue weighted by molar-refractivity contribution is 6.05. The molecule has 2 amide bonds. The number of halogens is 3. The Bertz CT molecular complexity index is 1190. The molecular weight excluding hydrogens is 417 g/mol. The molecule has 0 fully saturated rings. The van der Waals surface area contributed by atoms with Crippen LogP contribution in [0.1, 0.15) is 23.0 Å². The molecule has 11 heteroatoms. The van der Waals surface area contributed by atoms with Crippen molar-refractivity contribution in [3.05, 3.63) is 70.1 Å². The van der Waals surface area contributed by atoms with E-state index in [0.717, 1.165) is 16.8 Å². The van der Waals surface area contributed by atoms with Crippen LogP contribution in [0, 0.1) is 0 Å². The van der Waals surface area contributed by atoms with E-state index in [-0.39, 0.29) is 23.2 Å². The van der Waals surface area contributed by atoms with E-state index in [0.29, 0.717) is 5.39 Å². The molecule has 2 N–H and O–H groups in total. The zero-order valence-electron chi connectivity index (χ0n) is 16.2. The molecule has 8 nitrogen and oxygen atoms in total. The molecule has 0 aliphatic carbocycles. The molecule has 0 radical (unpaired) electrons. The average molecular weight is 434 g/mol. The quantitative estimate of drug-likeness (QED) is 0.600. The van der Waals surface area contributed by atoms with Crippen LogP contribution in [-0.4, -0.2) is 28.2 Å². The lowest BCUT2D eigenvalue weighted by Crippen LogP contribution is -2.44. The van der Waals surface area contributed by atoms with E-state index in [9.17, 15) is 27.6 Å². The number of nitrogens with one attached hydrogen (secondary N) is 2. The Labute approximate surface area is 173 Å². The van der Waals surface area contributed by atoms with Crippen LogP contribution in [0.5, 0.6) is 5.75 Å². The van der Waals surface area contributed by atoms with E-state index in [2.05, 4.69) is 16.0 Å². The third-order valence-electron chi connectivity index (χ3n) is 4.25. The predicted molar refractivity (Wildman–Crippen MR) is 104 cm³/mol. The van der Waals surface area contributed by atoms with Crippen LogP contribution in [0.15, 0.2) is 53.3 Å². The number of rotatable bonds is 5. The number of para-hydroxylation sites is 1. The first kappa shape index (κ1) is 21.8. The van der Waals surface area contributed by atoms with Crippen LogP contribution in [0.25, 0.3) is 10.8 Å². The number of aromatic nitrogens is 2. The molecule has 1 aromatic heterocycles. The van der Waals surface area contributed by atoms with E-state index in [4.69, 9.17) is 4.74 Å². The Morgan fingerprint density at radius 2 is 1.68 bits per heavy atom. The molecule has 0 saturated heterocycles. The Morgan fingerprint density at radius 3 is 2.35 bits per heavy atom. The topological polar surface area (TPSA) is 102 Å². The summed E-state index contributed by atoms with van der Waals surface area (Å²) in [5.41, 5.74) is 2.69. The van der Waals surface area contributed by atoms with Crippen molar-refractivity contribution in [3.8, 4) is 5.75 Å². The molecule has 0 saturated carbocycles. The molecule has 0 aliphatic rings. The number of hydrazine groups is 1. The van der Waals surface area contributed by atoms with Gasteiger partial charge in [-0.25, -0.2) is 4.68 Å². The Morgan fingerprint density at radius 1 is 1.03 bits per heavy atom. The van der Waals surface area contributed by atoms with Gasteiger partial charge in [-0.2, -0.15) is 18.3 Å². The fourth-order valence-electron chi connectivity index (χ4n) is 2.81. The highest BCUT2D eigenvalue weighted by Gasteiger charge is 2.34. The molecule has 0 aliphatic heterocycles. The minimum absolute atomic E-state index is 0.0966. The highest BCUT2D eigenvalue weighted by atomic mass is 19.4. The number of carbonyl (C=O) groups is 2. The van der Waals surface area contributed by atoms with Crippen molar-refractivity contribution in [2.24, 2.45) is 0 Å². The number of alkyl halides is 3. The van der Waals surface area contributed by atoms with Crippen LogP contribution in [0.3, 0.4) is 0 Å². The molecule has 31 heavy (non-hydrogen) atoms. The summed E-state index contributed by atoms with van der Waals surface area (Å²) in [5.74, 6) is -2.21. The minimum Gasteiger partial charge on any atom is -0.483 e. The smallest absolute Gasteiger partial charge is 0.419 e. The van der Waals surface area contributed by atoms with Crippen LogP contribution in [0.4, 0.5) is 13.2 Å². The second-order valence-corrected chi connectivity index (χ2v) is 6.30. The van der Waals surface area contributed by atoms with Crippen molar-refractivity contribution in [1.29, 1.82) is 0 Å². The molecular formula is C20H17F3N4O4. The Hall–Kier alpha value is -3.89. The maximum absolute atomic E-state index is 13.0. The molecule has 0 unspecified atom stereocenters. The van der Waals surface area contributed by atoms with Crippen molar-refractivity contribution in [3.63, 3.8) is 0 Å². The Balaban J connectivity index is 1.69. The first-order chi connectivity index (χ1) is 14.7. The second-order valence-electron chi connectivity index (χ2n) is 6.30. The lowest BCUT2D eigenvalue weighted by atomic mass is 10.1. The SMILES string of the molecule is CCn1nc(C(=O)NNC(=O)COc2ccccc2C(F)(F)F)c2ccccc2c1=O. The highest BCUT2D eigenvalue weighted by Crippen LogP contribution is 2.35. The van der Waals surface area contributed by atoms with Gasteiger partial charge in [0.25, 0.3) is 17.4 Å². The zero-order chi connectivity index (χ0) is 22.6. The number of carbonyl (C=O) groups excluding carboxylic acids is 2. The summed E-state index contributed by atoms with van der Waals surface area (Å²) in [7, 11) is 0. The van der Waals surface area contributed by atoms with E-state index in [1.165, 1.54) is 18.2 Å². The maximum Gasteiger partial charge on any atom is 0.419 e. The van der Waals surface area contributed by atoms with Gasteiger partial charge in [0.05, 0.1) is 10.9 Å². The van der Waals surface area contributed by atoms with Crippen molar-refractivity contribution < 1.29 is 27.5 Å². The van der Waals surface area contributed by atoms with Crippen LogP contribution in [-0.2, 0) is 17.5 Å². The number of hydrogen-bond donors (Lipinski definition) is 2. The number of fused-ring (bicyclic) bond motifs is 1. The number of hydrogen-bond acceptors (Lipinski definition) is 5. The van der Waals surface area contributed by atoms with E-state index in [1.54, 1.807) is 25.1 Å². The number of amides is 2. The molecule has 1 heterocycles. The number of ether oxygens (including phenoxy) is 1. The van der Waals surface area contributed by atoms with Gasteiger partial charge in [0, 0.05) is 11.9 Å². The van der Waals surface area contributed by atoms with Crippen molar-refractivity contribution in [2.45, 2.75) is 19.6 Å². The maximum atomic E-state index is 13.0. The molecule has 3 rings (SSSR count). The lowest BCUT2D eigenvalue weighted by Gasteiger charge is -2.14. The fraction of sp³-hybridized carbons (Fsp3) is 0.200. The molecule has 162 valence electrons. The zero-order valence-corrected chi connectivity index (χ0v) is 16.2. The molecule has 0 atom stereocenters. The predicted octanol–water partition coefficient (Wildman–Crippen LogP) is 2.28. The van der Waals surface area contributed by atoms with Gasteiger partial charge < -0.3 is 4.74 Å². The van der Waals surface area contributed by atoms with E-state index < -0.39 is 35.9 Å². The lowest BCUT2D eigenvalue weighted by molar-refractivity contribution is -0.139. The molecule has 0 bridgehead atoms. The van der Waals surface area contributed by atoms with Crippen LogP contribution >= 0.6 is 0 Å². The summed E-state index contributed by atoms with van der Waals surface area (Å²) < 4.78 is 44.9. The second kappa shape index (κ2) is 8.86. The van der Waals surface area contributed by atoms with Gasteiger partial charge >= 0.3 is 6.18 Å². The standard InChI is InChI=1S/C20H17F3N4O4/c1-2-27-19(30)13-8-4-3-7-12(13)17(26-27)18(29)25-24-16(28)11-31-15-10-6-5-9-14(15)20(21,22)23/h3-10H,2,11H2,1H3,(H,24,28)(H,25,29). The van der Waals surface area contributed by atoms with Crippen LogP contribution in [0.2, 0.25) is 0 Å². The number of nitrogens with zero attached hydrogens (tertiary/aromatic N) is 2. The third kappa shape index (κ3) is 4.82. The first-order valence-electron chi connectivity index (χ1n) is 9.10. The van der Waals surface area contributed by atoms with Crippen molar-refractivity contribution >= 4 is 22.6 Å². The van der Waals surface area contributed by atoms with Gasteiger partial charge in [-0.15, -0.1) is 0 Å². The molecule has 0 spiro atoms. The van der Waals surface area contributed by atoms with Gasteiger partial charge in [0.15, 0.2) is 12.3 Å². The number of aryl methyl sites for hydroxylation is 1. The van der Waals surface area contributed by atoms with Gasteiger partial charge in [0.2, 0.25) is 0 Å². The molecule has 3 aromatic rings.